The second-order valence-corrected chi connectivity index (χ2v) is 8.72. The lowest BCUT2D eigenvalue weighted by Gasteiger charge is -2.13. The molecule has 0 aliphatic rings. The smallest absolute Gasteiger partial charge is 0.262 e. The van der Waals surface area contributed by atoms with Crippen molar-refractivity contribution in [3.05, 3.63) is 51.5 Å². The molecule has 140 valence electrons. The molecule has 6 nitrogen and oxygen atoms in total. The third-order valence-electron chi connectivity index (χ3n) is 3.24. The fraction of sp³-hybridized carbons (Fsp3) is 0.188. The first kappa shape index (κ1) is 20.8. The molecule has 10 heteroatoms. The second-order valence-electron chi connectivity index (χ2n) is 5.35. The summed E-state index contributed by atoms with van der Waals surface area (Å²) in [6, 6.07) is 8.68. The van der Waals surface area contributed by atoms with Gasteiger partial charge in [0.05, 0.1) is 20.0 Å². The van der Waals surface area contributed by atoms with Gasteiger partial charge in [-0.3, -0.25) is 4.79 Å². The maximum absolute atomic E-state index is 12.1. The van der Waals surface area contributed by atoms with Gasteiger partial charge in [0, 0.05) is 19.8 Å². The Morgan fingerprint density at radius 1 is 1.04 bits per heavy atom. The van der Waals surface area contributed by atoms with Crippen LogP contribution in [0.25, 0.3) is 0 Å². The molecule has 2 rings (SSSR count). The number of rotatable bonds is 6. The molecule has 0 radical (unpaired) electrons. The van der Waals surface area contributed by atoms with E-state index in [-0.39, 0.29) is 22.3 Å². The molecule has 0 atom stereocenters. The monoisotopic (exact) mass is 436 g/mol. The van der Waals surface area contributed by atoms with Gasteiger partial charge in [-0.1, -0.05) is 34.8 Å². The molecule has 1 amide bonds. The minimum Gasteiger partial charge on any atom is -0.482 e. The molecule has 0 aliphatic heterocycles. The highest BCUT2D eigenvalue weighted by Gasteiger charge is 2.19. The van der Waals surface area contributed by atoms with Crippen LogP contribution in [-0.4, -0.2) is 39.3 Å². The van der Waals surface area contributed by atoms with Crippen molar-refractivity contribution in [1.82, 2.24) is 4.31 Å². The number of amides is 1. The van der Waals surface area contributed by atoms with Crippen LogP contribution in [0.2, 0.25) is 15.1 Å². The third kappa shape index (κ3) is 5.02. The molecule has 0 aliphatic carbocycles. The summed E-state index contributed by atoms with van der Waals surface area (Å²) >= 11 is 17.7. The maximum Gasteiger partial charge on any atom is 0.262 e. The number of sulfonamides is 1. The van der Waals surface area contributed by atoms with Gasteiger partial charge in [0.1, 0.15) is 5.75 Å². The normalized spacial score (nSPS) is 11.5. The SMILES string of the molecule is CN(C)S(=O)(=O)c1ccc(OCC(=O)Nc2ccc(Cl)c(Cl)c2)c(Cl)c1. The number of benzene rings is 2. The Kier molecular flexibility index (Phi) is 6.76. The summed E-state index contributed by atoms with van der Waals surface area (Å²) < 4.78 is 30.5. The molecule has 0 saturated carbocycles. The van der Waals surface area contributed by atoms with Gasteiger partial charge in [-0.15, -0.1) is 0 Å². The number of anilines is 1. The number of halogens is 3. The van der Waals surface area contributed by atoms with Gasteiger partial charge in [0.25, 0.3) is 5.91 Å². The van der Waals surface area contributed by atoms with Crippen molar-refractivity contribution < 1.29 is 17.9 Å². The van der Waals surface area contributed by atoms with E-state index in [9.17, 15) is 13.2 Å². The Morgan fingerprint density at radius 3 is 2.31 bits per heavy atom. The molecule has 2 aromatic carbocycles. The van der Waals surface area contributed by atoms with Crippen LogP contribution in [0.4, 0.5) is 5.69 Å². The molecule has 26 heavy (non-hydrogen) atoms. The van der Waals surface area contributed by atoms with Crippen LogP contribution in [-0.2, 0) is 14.8 Å². The zero-order chi connectivity index (χ0) is 19.5. The maximum atomic E-state index is 12.1. The first-order chi connectivity index (χ1) is 12.1. The summed E-state index contributed by atoms with van der Waals surface area (Å²) in [6.07, 6.45) is 0. The van der Waals surface area contributed by atoms with Crippen LogP contribution in [0.5, 0.6) is 5.75 Å². The second kappa shape index (κ2) is 8.45. The Labute approximate surface area is 166 Å². The van der Waals surface area contributed by atoms with Crippen molar-refractivity contribution in [3.8, 4) is 5.75 Å². The Morgan fingerprint density at radius 2 is 1.73 bits per heavy atom. The first-order valence-corrected chi connectivity index (χ1v) is 9.78. The van der Waals surface area contributed by atoms with Gasteiger partial charge < -0.3 is 10.1 Å². The summed E-state index contributed by atoms with van der Waals surface area (Å²) in [6.45, 7) is -0.320. The molecule has 0 bridgehead atoms. The standard InChI is InChI=1S/C16H15Cl3N2O4S/c1-21(2)26(23,24)11-4-6-15(14(19)8-11)25-9-16(22)20-10-3-5-12(17)13(18)7-10/h3-8H,9H2,1-2H3,(H,20,22). The van der Waals surface area contributed by atoms with Crippen LogP contribution < -0.4 is 10.1 Å². The summed E-state index contributed by atoms with van der Waals surface area (Å²) in [5.41, 5.74) is 0.464. The number of nitrogens with one attached hydrogen (secondary N) is 1. The van der Waals surface area contributed by atoms with Crippen LogP contribution in [0.1, 0.15) is 0 Å². The number of carbonyl (C=O) groups is 1. The highest BCUT2D eigenvalue weighted by Crippen LogP contribution is 2.28. The molecule has 0 spiro atoms. The molecule has 0 aromatic heterocycles. The molecule has 0 fully saturated rings. The van der Waals surface area contributed by atoms with Gasteiger partial charge in [-0.25, -0.2) is 12.7 Å². The van der Waals surface area contributed by atoms with E-state index in [2.05, 4.69) is 5.32 Å². The summed E-state index contributed by atoms with van der Waals surface area (Å²) in [7, 11) is -0.770. The van der Waals surface area contributed by atoms with E-state index in [4.69, 9.17) is 39.5 Å². The van der Waals surface area contributed by atoms with Crippen LogP contribution >= 0.6 is 34.8 Å². The molecular weight excluding hydrogens is 423 g/mol. The largest absolute Gasteiger partial charge is 0.482 e. The van der Waals surface area contributed by atoms with Gasteiger partial charge in [0.2, 0.25) is 10.0 Å². The Balaban J connectivity index is 2.03. The average molecular weight is 438 g/mol. The molecule has 0 unspecified atom stereocenters. The fourth-order valence-electron chi connectivity index (χ4n) is 1.88. The summed E-state index contributed by atoms with van der Waals surface area (Å²) in [4.78, 5) is 12.0. The predicted octanol–water partition coefficient (Wildman–Crippen LogP) is 3.91. The Bertz CT molecular complexity index is 933. The van der Waals surface area contributed by atoms with E-state index in [1.54, 1.807) is 12.1 Å². The average Bonchev–Trinajstić information content (AvgIpc) is 2.56. The van der Waals surface area contributed by atoms with Gasteiger partial charge >= 0.3 is 0 Å². The highest BCUT2D eigenvalue weighted by molar-refractivity contribution is 7.89. The zero-order valence-electron chi connectivity index (χ0n) is 13.8. The molecule has 1 N–H and O–H groups in total. The number of hydrogen-bond donors (Lipinski definition) is 1. The lowest BCUT2D eigenvalue weighted by molar-refractivity contribution is -0.118. The van der Waals surface area contributed by atoms with Gasteiger partial charge in [0.15, 0.2) is 6.61 Å². The van der Waals surface area contributed by atoms with Crippen molar-refractivity contribution in [2.45, 2.75) is 4.90 Å². The summed E-state index contributed by atoms with van der Waals surface area (Å²) in [5, 5.41) is 3.36. The van der Waals surface area contributed by atoms with Crippen LogP contribution in [0.15, 0.2) is 41.3 Å². The van der Waals surface area contributed by atoms with E-state index in [0.29, 0.717) is 15.7 Å². The van der Waals surface area contributed by atoms with Crippen LogP contribution in [0.3, 0.4) is 0 Å². The highest BCUT2D eigenvalue weighted by atomic mass is 35.5. The van der Waals surface area contributed by atoms with E-state index < -0.39 is 15.9 Å². The molecule has 2 aromatic rings. The fourth-order valence-corrected chi connectivity index (χ4v) is 3.41. The third-order valence-corrected chi connectivity index (χ3v) is 6.09. The van der Waals surface area contributed by atoms with Crippen molar-refractivity contribution in [2.75, 3.05) is 26.0 Å². The zero-order valence-corrected chi connectivity index (χ0v) is 16.9. The Hall–Kier alpha value is -1.51. The number of hydrogen-bond acceptors (Lipinski definition) is 4. The molecular formula is C16H15Cl3N2O4S. The van der Waals surface area contributed by atoms with Crippen molar-refractivity contribution in [1.29, 1.82) is 0 Å². The van der Waals surface area contributed by atoms with Crippen molar-refractivity contribution in [3.63, 3.8) is 0 Å². The van der Waals surface area contributed by atoms with Gasteiger partial charge in [-0.05, 0) is 36.4 Å². The predicted molar refractivity (Wildman–Crippen MR) is 103 cm³/mol. The summed E-state index contributed by atoms with van der Waals surface area (Å²) in [5.74, 6) is -0.252. The quantitative estimate of drug-likeness (QED) is 0.743. The lowest BCUT2D eigenvalue weighted by atomic mass is 10.3. The van der Waals surface area contributed by atoms with Crippen molar-refractivity contribution >= 4 is 56.4 Å². The van der Waals surface area contributed by atoms with E-state index in [0.717, 1.165) is 4.31 Å². The lowest BCUT2D eigenvalue weighted by Crippen LogP contribution is -2.22. The molecule has 0 heterocycles. The van der Waals surface area contributed by atoms with E-state index in [1.807, 2.05) is 0 Å². The van der Waals surface area contributed by atoms with E-state index >= 15 is 0 Å². The first-order valence-electron chi connectivity index (χ1n) is 7.21. The molecule has 0 saturated heterocycles. The number of ether oxygens (including phenoxy) is 1. The van der Waals surface area contributed by atoms with Gasteiger partial charge in [-0.2, -0.15) is 0 Å². The van der Waals surface area contributed by atoms with Crippen LogP contribution in [0, 0.1) is 0 Å². The topological polar surface area (TPSA) is 75.7 Å². The van der Waals surface area contributed by atoms with E-state index in [1.165, 1.54) is 38.4 Å². The minimum absolute atomic E-state index is 0.0279. The number of carbonyl (C=O) groups excluding carboxylic acids is 1. The van der Waals surface area contributed by atoms with Crippen molar-refractivity contribution in [2.24, 2.45) is 0 Å². The number of nitrogens with zero attached hydrogens (tertiary/aromatic N) is 1. The minimum atomic E-state index is -3.60.